The van der Waals surface area contributed by atoms with Gasteiger partial charge in [0.05, 0.1) is 6.54 Å². The standard InChI is InChI=1S/C13H10F2N2O/c14-10-3-8(4-11(15)6-10)9-5-12-13(17-7-9)16-1-2-18-12/h3-7H,1-2H2,(H,16,17). The largest absolute Gasteiger partial charge is 0.488 e. The van der Waals surface area contributed by atoms with Crippen LogP contribution in [0.1, 0.15) is 0 Å². The van der Waals surface area contributed by atoms with Gasteiger partial charge in [-0.05, 0) is 23.8 Å². The van der Waals surface area contributed by atoms with Crippen molar-refractivity contribution in [2.24, 2.45) is 0 Å². The molecular weight excluding hydrogens is 238 g/mol. The van der Waals surface area contributed by atoms with Gasteiger partial charge in [0.2, 0.25) is 0 Å². The van der Waals surface area contributed by atoms with E-state index in [1.54, 1.807) is 12.3 Å². The third-order valence-corrected chi connectivity index (χ3v) is 2.70. The van der Waals surface area contributed by atoms with Crippen LogP contribution in [-0.4, -0.2) is 18.1 Å². The van der Waals surface area contributed by atoms with Crippen molar-refractivity contribution >= 4 is 5.82 Å². The Labute approximate surface area is 102 Å². The highest BCUT2D eigenvalue weighted by molar-refractivity contribution is 5.68. The van der Waals surface area contributed by atoms with Crippen LogP contribution in [-0.2, 0) is 0 Å². The molecule has 5 heteroatoms. The van der Waals surface area contributed by atoms with Crippen molar-refractivity contribution in [2.75, 3.05) is 18.5 Å². The van der Waals surface area contributed by atoms with Gasteiger partial charge >= 0.3 is 0 Å². The number of pyridine rings is 1. The van der Waals surface area contributed by atoms with Gasteiger partial charge < -0.3 is 10.1 Å². The van der Waals surface area contributed by atoms with E-state index in [4.69, 9.17) is 4.74 Å². The molecule has 1 aromatic carbocycles. The molecule has 0 saturated carbocycles. The lowest BCUT2D eigenvalue weighted by Crippen LogP contribution is -2.18. The van der Waals surface area contributed by atoms with Crippen molar-refractivity contribution in [3.8, 4) is 16.9 Å². The number of hydrogen-bond donors (Lipinski definition) is 1. The minimum Gasteiger partial charge on any atom is -0.488 e. The third kappa shape index (κ3) is 1.99. The molecule has 0 spiro atoms. The van der Waals surface area contributed by atoms with Gasteiger partial charge in [0.25, 0.3) is 0 Å². The van der Waals surface area contributed by atoms with Gasteiger partial charge in [-0.1, -0.05) is 0 Å². The minimum absolute atomic E-state index is 0.442. The molecule has 92 valence electrons. The van der Waals surface area contributed by atoms with Crippen LogP contribution < -0.4 is 10.1 Å². The first kappa shape index (κ1) is 11.0. The number of rotatable bonds is 1. The molecule has 0 aliphatic carbocycles. The highest BCUT2D eigenvalue weighted by atomic mass is 19.1. The highest BCUT2D eigenvalue weighted by Gasteiger charge is 2.12. The van der Waals surface area contributed by atoms with Gasteiger partial charge in [0.1, 0.15) is 18.2 Å². The molecule has 2 heterocycles. The average molecular weight is 248 g/mol. The number of aromatic nitrogens is 1. The maximum absolute atomic E-state index is 13.1. The quantitative estimate of drug-likeness (QED) is 0.842. The molecule has 0 radical (unpaired) electrons. The van der Waals surface area contributed by atoms with Crippen LogP contribution >= 0.6 is 0 Å². The Morgan fingerprint density at radius 3 is 2.61 bits per heavy atom. The SMILES string of the molecule is Fc1cc(F)cc(-c2cnc3c(c2)OCCN3)c1. The topological polar surface area (TPSA) is 34.1 Å². The molecular formula is C13H10F2N2O. The highest BCUT2D eigenvalue weighted by Crippen LogP contribution is 2.30. The first-order valence-electron chi connectivity index (χ1n) is 5.55. The van der Waals surface area contributed by atoms with Crippen molar-refractivity contribution in [1.82, 2.24) is 4.98 Å². The van der Waals surface area contributed by atoms with E-state index < -0.39 is 11.6 Å². The number of fused-ring (bicyclic) bond motifs is 1. The zero-order valence-electron chi connectivity index (χ0n) is 9.41. The number of nitrogens with one attached hydrogen (secondary N) is 1. The summed E-state index contributed by atoms with van der Waals surface area (Å²) >= 11 is 0. The average Bonchev–Trinajstić information content (AvgIpc) is 2.37. The maximum atomic E-state index is 13.1. The summed E-state index contributed by atoms with van der Waals surface area (Å²) in [6.45, 7) is 1.25. The van der Waals surface area contributed by atoms with Gasteiger partial charge in [0.15, 0.2) is 11.6 Å². The Kier molecular flexibility index (Phi) is 2.59. The number of ether oxygens (including phenoxy) is 1. The van der Waals surface area contributed by atoms with Gasteiger partial charge in [-0.15, -0.1) is 0 Å². The van der Waals surface area contributed by atoms with Crippen molar-refractivity contribution in [1.29, 1.82) is 0 Å². The monoisotopic (exact) mass is 248 g/mol. The molecule has 1 aliphatic rings. The summed E-state index contributed by atoms with van der Waals surface area (Å²) in [4.78, 5) is 4.17. The normalized spacial score (nSPS) is 13.4. The zero-order chi connectivity index (χ0) is 12.5. The number of hydrogen-bond acceptors (Lipinski definition) is 3. The predicted octanol–water partition coefficient (Wildman–Crippen LogP) is 2.83. The van der Waals surface area contributed by atoms with Crippen LogP contribution in [0.2, 0.25) is 0 Å². The summed E-state index contributed by atoms with van der Waals surface area (Å²) in [5, 5.41) is 3.08. The third-order valence-electron chi connectivity index (χ3n) is 2.70. The Hall–Kier alpha value is -2.17. The minimum atomic E-state index is -0.609. The van der Waals surface area contributed by atoms with Crippen LogP contribution in [0.3, 0.4) is 0 Å². The molecule has 1 aliphatic heterocycles. The van der Waals surface area contributed by atoms with E-state index >= 15 is 0 Å². The van der Waals surface area contributed by atoms with Crippen LogP contribution in [0.15, 0.2) is 30.5 Å². The Balaban J connectivity index is 2.06. The maximum Gasteiger partial charge on any atom is 0.168 e. The first-order chi connectivity index (χ1) is 8.72. The summed E-state index contributed by atoms with van der Waals surface area (Å²) in [6.07, 6.45) is 1.56. The van der Waals surface area contributed by atoms with Gasteiger partial charge in [-0.25, -0.2) is 13.8 Å². The molecule has 0 unspecified atom stereocenters. The lowest BCUT2D eigenvalue weighted by atomic mass is 10.1. The summed E-state index contributed by atoms with van der Waals surface area (Å²) in [6, 6.07) is 5.10. The van der Waals surface area contributed by atoms with Gasteiger partial charge in [-0.2, -0.15) is 0 Å². The van der Waals surface area contributed by atoms with Crippen LogP contribution in [0.5, 0.6) is 5.75 Å². The van der Waals surface area contributed by atoms with E-state index in [2.05, 4.69) is 10.3 Å². The van der Waals surface area contributed by atoms with Gasteiger partial charge in [0, 0.05) is 17.8 Å². The van der Waals surface area contributed by atoms with Crippen molar-refractivity contribution < 1.29 is 13.5 Å². The molecule has 3 rings (SSSR count). The number of benzene rings is 1. The number of nitrogens with zero attached hydrogens (tertiary/aromatic N) is 1. The van der Waals surface area contributed by atoms with E-state index in [-0.39, 0.29) is 0 Å². The lowest BCUT2D eigenvalue weighted by Gasteiger charge is -2.18. The molecule has 1 N–H and O–H groups in total. The molecule has 0 bridgehead atoms. The fourth-order valence-corrected chi connectivity index (χ4v) is 1.90. The van der Waals surface area contributed by atoms with Gasteiger partial charge in [-0.3, -0.25) is 0 Å². The second kappa shape index (κ2) is 4.25. The fourth-order valence-electron chi connectivity index (χ4n) is 1.90. The summed E-state index contributed by atoms with van der Waals surface area (Å²) in [7, 11) is 0. The van der Waals surface area contributed by atoms with E-state index in [1.165, 1.54) is 12.1 Å². The molecule has 0 atom stereocenters. The molecule has 0 fully saturated rings. The van der Waals surface area contributed by atoms with Crippen LogP contribution in [0, 0.1) is 11.6 Å². The molecule has 1 aromatic heterocycles. The molecule has 2 aromatic rings. The smallest absolute Gasteiger partial charge is 0.168 e. The van der Waals surface area contributed by atoms with Crippen molar-refractivity contribution in [3.63, 3.8) is 0 Å². The second-order valence-electron chi connectivity index (χ2n) is 4.00. The zero-order valence-corrected chi connectivity index (χ0v) is 9.41. The fraction of sp³-hybridized carbons (Fsp3) is 0.154. The Morgan fingerprint density at radius 1 is 1.06 bits per heavy atom. The van der Waals surface area contributed by atoms with E-state index in [0.29, 0.717) is 35.8 Å². The summed E-state index contributed by atoms with van der Waals surface area (Å²) in [5.41, 5.74) is 1.06. The first-order valence-corrected chi connectivity index (χ1v) is 5.55. The van der Waals surface area contributed by atoms with Crippen molar-refractivity contribution in [3.05, 3.63) is 42.1 Å². The van der Waals surface area contributed by atoms with Crippen molar-refractivity contribution in [2.45, 2.75) is 0 Å². The van der Waals surface area contributed by atoms with Crippen LogP contribution in [0.25, 0.3) is 11.1 Å². The molecule has 18 heavy (non-hydrogen) atoms. The molecule has 0 saturated heterocycles. The number of halogens is 2. The number of anilines is 1. The summed E-state index contributed by atoms with van der Waals surface area (Å²) in [5.74, 6) is 0.0359. The molecule has 0 amide bonds. The second-order valence-corrected chi connectivity index (χ2v) is 4.00. The van der Waals surface area contributed by atoms with E-state index in [0.717, 1.165) is 6.07 Å². The van der Waals surface area contributed by atoms with E-state index in [9.17, 15) is 8.78 Å². The Morgan fingerprint density at radius 2 is 1.83 bits per heavy atom. The Bertz CT molecular complexity index is 581. The van der Waals surface area contributed by atoms with E-state index in [1.807, 2.05) is 0 Å². The summed E-state index contributed by atoms with van der Waals surface area (Å²) < 4.78 is 31.7. The lowest BCUT2D eigenvalue weighted by molar-refractivity contribution is 0.321. The van der Waals surface area contributed by atoms with Crippen LogP contribution in [0.4, 0.5) is 14.6 Å². The predicted molar refractivity (Wildman–Crippen MR) is 63.6 cm³/mol. The molecule has 3 nitrogen and oxygen atoms in total.